The topological polar surface area (TPSA) is 67.1 Å². The first-order chi connectivity index (χ1) is 6.59. The minimum absolute atomic E-state index is 0.0571. The first-order valence-corrected chi connectivity index (χ1v) is 5.33. The van der Waals surface area contributed by atoms with Crippen LogP contribution in [0.2, 0.25) is 0 Å². The van der Waals surface area contributed by atoms with E-state index in [1.54, 1.807) is 0 Å². The van der Waals surface area contributed by atoms with Gasteiger partial charge >= 0.3 is 0 Å². The number of rotatable bonds is 7. The number of hydrogen-bond acceptors (Lipinski definition) is 3. The van der Waals surface area contributed by atoms with Crippen molar-refractivity contribution in [1.82, 2.24) is 10.6 Å². The van der Waals surface area contributed by atoms with E-state index in [2.05, 4.69) is 17.6 Å². The van der Waals surface area contributed by atoms with Gasteiger partial charge in [-0.2, -0.15) is 0 Å². The summed E-state index contributed by atoms with van der Waals surface area (Å²) in [4.78, 5) is 11.4. The molecule has 4 nitrogen and oxygen atoms in total. The summed E-state index contributed by atoms with van der Waals surface area (Å²) in [5, 5.41) is 6.00. The van der Waals surface area contributed by atoms with Gasteiger partial charge < -0.3 is 16.4 Å². The Morgan fingerprint density at radius 2 is 1.93 bits per heavy atom. The van der Waals surface area contributed by atoms with Crippen molar-refractivity contribution in [3.63, 3.8) is 0 Å². The third-order valence-electron chi connectivity index (χ3n) is 2.05. The van der Waals surface area contributed by atoms with Crippen LogP contribution in [0.1, 0.15) is 27.2 Å². The summed E-state index contributed by atoms with van der Waals surface area (Å²) in [6.07, 6.45) is 1.11. The highest BCUT2D eigenvalue weighted by atomic mass is 16.2. The Bertz CT molecular complexity index is 159. The average molecular weight is 201 g/mol. The molecule has 4 heteroatoms. The number of hydrogen-bond donors (Lipinski definition) is 3. The Morgan fingerprint density at radius 1 is 1.29 bits per heavy atom. The fourth-order valence-electron chi connectivity index (χ4n) is 0.996. The summed E-state index contributed by atoms with van der Waals surface area (Å²) in [5.74, 6) is 0.136. The highest BCUT2D eigenvalue weighted by molar-refractivity contribution is 5.81. The number of amides is 1. The van der Waals surface area contributed by atoms with Crippen LogP contribution in [0.4, 0.5) is 0 Å². The maximum Gasteiger partial charge on any atom is 0.237 e. The monoisotopic (exact) mass is 201 g/mol. The summed E-state index contributed by atoms with van der Waals surface area (Å²) in [7, 11) is 0. The van der Waals surface area contributed by atoms with Gasteiger partial charge in [0, 0.05) is 13.1 Å². The van der Waals surface area contributed by atoms with Crippen molar-refractivity contribution in [3.05, 3.63) is 0 Å². The zero-order chi connectivity index (χ0) is 11.0. The largest absolute Gasteiger partial charge is 0.353 e. The zero-order valence-corrected chi connectivity index (χ0v) is 9.47. The molecule has 0 aliphatic rings. The van der Waals surface area contributed by atoms with Crippen molar-refractivity contribution in [1.29, 1.82) is 0 Å². The smallest absolute Gasteiger partial charge is 0.237 e. The van der Waals surface area contributed by atoms with Gasteiger partial charge in [0.2, 0.25) is 5.91 Å². The van der Waals surface area contributed by atoms with Gasteiger partial charge in [0.15, 0.2) is 0 Å². The van der Waals surface area contributed by atoms with Crippen LogP contribution in [0, 0.1) is 5.92 Å². The van der Waals surface area contributed by atoms with Gasteiger partial charge in [-0.05, 0) is 18.9 Å². The van der Waals surface area contributed by atoms with Crippen LogP contribution < -0.4 is 16.4 Å². The van der Waals surface area contributed by atoms with Gasteiger partial charge in [-0.1, -0.05) is 20.8 Å². The van der Waals surface area contributed by atoms with E-state index >= 15 is 0 Å². The molecule has 84 valence electrons. The van der Waals surface area contributed by atoms with Crippen LogP contribution in [0.15, 0.2) is 0 Å². The molecule has 0 aliphatic carbocycles. The molecule has 0 aromatic carbocycles. The first-order valence-electron chi connectivity index (χ1n) is 5.33. The van der Waals surface area contributed by atoms with Crippen LogP contribution in [-0.4, -0.2) is 31.6 Å². The minimum Gasteiger partial charge on any atom is -0.353 e. The maximum atomic E-state index is 11.4. The highest BCUT2D eigenvalue weighted by Crippen LogP contribution is 1.96. The second kappa shape index (κ2) is 7.76. The van der Waals surface area contributed by atoms with Gasteiger partial charge in [0.25, 0.3) is 0 Å². The molecule has 0 fully saturated rings. The minimum atomic E-state index is -0.388. The van der Waals surface area contributed by atoms with E-state index in [1.165, 1.54) is 0 Å². The molecule has 0 radical (unpaired) electrons. The Hall–Kier alpha value is -0.610. The molecule has 0 heterocycles. The van der Waals surface area contributed by atoms with E-state index in [-0.39, 0.29) is 17.9 Å². The molecule has 1 atom stereocenters. The third-order valence-corrected chi connectivity index (χ3v) is 2.05. The molecule has 0 spiro atoms. The molecule has 0 rings (SSSR count). The SMILES string of the molecule is CCCNCCNC(=O)[C@@H](N)C(C)C. The van der Waals surface area contributed by atoms with Crippen molar-refractivity contribution in [2.75, 3.05) is 19.6 Å². The Balaban J connectivity index is 3.44. The lowest BCUT2D eigenvalue weighted by molar-refractivity contribution is -0.123. The second-order valence-electron chi connectivity index (χ2n) is 3.81. The van der Waals surface area contributed by atoms with Crippen LogP contribution in [-0.2, 0) is 4.79 Å². The van der Waals surface area contributed by atoms with Gasteiger partial charge in [-0.15, -0.1) is 0 Å². The molecule has 0 bridgehead atoms. The Kier molecular flexibility index (Phi) is 7.42. The molecule has 1 amide bonds. The lowest BCUT2D eigenvalue weighted by atomic mass is 10.1. The highest BCUT2D eigenvalue weighted by Gasteiger charge is 2.15. The molecule has 0 saturated heterocycles. The van der Waals surface area contributed by atoms with E-state index in [0.29, 0.717) is 6.54 Å². The predicted octanol–water partition coefficient (Wildman–Crippen LogP) is 0.0855. The van der Waals surface area contributed by atoms with Gasteiger partial charge in [0.05, 0.1) is 6.04 Å². The molecule has 0 saturated carbocycles. The molecule has 0 unspecified atom stereocenters. The lowest BCUT2D eigenvalue weighted by Gasteiger charge is -2.15. The summed E-state index contributed by atoms with van der Waals surface area (Å²) in [5.41, 5.74) is 5.67. The molecular weight excluding hydrogens is 178 g/mol. The third kappa shape index (κ3) is 5.94. The summed E-state index contributed by atoms with van der Waals surface area (Å²) >= 11 is 0. The summed E-state index contributed by atoms with van der Waals surface area (Å²) in [6.45, 7) is 8.45. The molecule has 4 N–H and O–H groups in total. The van der Waals surface area contributed by atoms with E-state index in [0.717, 1.165) is 19.5 Å². The fraction of sp³-hybridized carbons (Fsp3) is 0.900. The van der Waals surface area contributed by atoms with E-state index in [1.807, 2.05) is 13.8 Å². The van der Waals surface area contributed by atoms with Crippen molar-refractivity contribution >= 4 is 5.91 Å². The normalized spacial score (nSPS) is 12.9. The number of nitrogens with two attached hydrogens (primary N) is 1. The molecular formula is C10H23N3O. The number of carbonyl (C=O) groups excluding carboxylic acids is 1. The second-order valence-corrected chi connectivity index (χ2v) is 3.81. The van der Waals surface area contributed by atoms with Crippen molar-refractivity contribution in [2.24, 2.45) is 11.7 Å². The van der Waals surface area contributed by atoms with Gasteiger partial charge in [0.1, 0.15) is 0 Å². The quantitative estimate of drug-likeness (QED) is 0.511. The van der Waals surface area contributed by atoms with E-state index < -0.39 is 0 Å². The number of nitrogens with one attached hydrogen (secondary N) is 2. The van der Waals surface area contributed by atoms with Crippen LogP contribution >= 0.6 is 0 Å². The Morgan fingerprint density at radius 3 is 2.43 bits per heavy atom. The maximum absolute atomic E-state index is 11.4. The molecule has 0 aromatic heterocycles. The average Bonchev–Trinajstić information content (AvgIpc) is 2.16. The fourth-order valence-corrected chi connectivity index (χ4v) is 0.996. The molecule has 0 aliphatic heterocycles. The van der Waals surface area contributed by atoms with Crippen LogP contribution in [0.5, 0.6) is 0 Å². The van der Waals surface area contributed by atoms with E-state index in [9.17, 15) is 4.79 Å². The summed E-state index contributed by atoms with van der Waals surface area (Å²) in [6, 6.07) is -0.388. The van der Waals surface area contributed by atoms with Crippen LogP contribution in [0.25, 0.3) is 0 Å². The standard InChI is InChI=1S/C10H23N3O/c1-4-5-12-6-7-13-10(14)9(11)8(2)3/h8-9,12H,4-7,11H2,1-3H3,(H,13,14)/t9-/m0/s1. The van der Waals surface area contributed by atoms with Crippen molar-refractivity contribution < 1.29 is 4.79 Å². The van der Waals surface area contributed by atoms with Gasteiger partial charge in [-0.3, -0.25) is 4.79 Å². The van der Waals surface area contributed by atoms with Gasteiger partial charge in [-0.25, -0.2) is 0 Å². The lowest BCUT2D eigenvalue weighted by Crippen LogP contribution is -2.45. The molecule has 0 aromatic rings. The molecule has 14 heavy (non-hydrogen) atoms. The summed E-state index contributed by atoms with van der Waals surface area (Å²) < 4.78 is 0. The van der Waals surface area contributed by atoms with E-state index in [4.69, 9.17) is 5.73 Å². The Labute approximate surface area is 86.6 Å². The van der Waals surface area contributed by atoms with Crippen LogP contribution in [0.3, 0.4) is 0 Å². The number of carbonyl (C=O) groups is 1. The zero-order valence-electron chi connectivity index (χ0n) is 9.47. The predicted molar refractivity (Wildman–Crippen MR) is 59.0 cm³/mol. The first kappa shape index (κ1) is 13.4. The van der Waals surface area contributed by atoms with Crippen molar-refractivity contribution in [2.45, 2.75) is 33.2 Å². The van der Waals surface area contributed by atoms with Crippen molar-refractivity contribution in [3.8, 4) is 0 Å².